The number of hydrogen-bond donors (Lipinski definition) is 2. The fraction of sp³-hybridized carbons (Fsp3) is 0.387. The van der Waals surface area contributed by atoms with E-state index < -0.39 is 6.17 Å². The van der Waals surface area contributed by atoms with Gasteiger partial charge >= 0.3 is 0 Å². The van der Waals surface area contributed by atoms with Crippen molar-refractivity contribution in [3.63, 3.8) is 0 Å². The number of fused-ring (bicyclic) bond motifs is 3. The van der Waals surface area contributed by atoms with Crippen LogP contribution >= 0.6 is 0 Å². The van der Waals surface area contributed by atoms with E-state index in [1.165, 1.54) is 0 Å². The van der Waals surface area contributed by atoms with Gasteiger partial charge in [0.1, 0.15) is 11.6 Å². The van der Waals surface area contributed by atoms with Gasteiger partial charge in [-0.15, -0.1) is 10.2 Å². The lowest BCUT2D eigenvalue weighted by Gasteiger charge is -2.16. The van der Waals surface area contributed by atoms with E-state index in [2.05, 4.69) is 62.8 Å². The molecule has 0 aliphatic carbocycles. The summed E-state index contributed by atoms with van der Waals surface area (Å²) in [6, 6.07) is 16.4. The van der Waals surface area contributed by atoms with Gasteiger partial charge in [-0.1, -0.05) is 68.4 Å². The van der Waals surface area contributed by atoms with E-state index in [9.17, 15) is 4.79 Å². The predicted molar refractivity (Wildman–Crippen MR) is 156 cm³/mol. The van der Waals surface area contributed by atoms with Crippen LogP contribution in [0.3, 0.4) is 0 Å². The SMILES string of the molecule is CCCC(=O)NNC1N=C(c2ccccc2)c2ccc(CCOC)cc2-n2c(Cc3c(CC)noc3CC)nnc21. The molecule has 0 radical (unpaired) electrons. The second kappa shape index (κ2) is 13.0. The van der Waals surface area contributed by atoms with Crippen LogP contribution in [0, 0.1) is 0 Å². The van der Waals surface area contributed by atoms with Gasteiger partial charge in [0.15, 0.2) is 12.0 Å². The number of carbonyl (C=O) groups is 1. The quantitative estimate of drug-likeness (QED) is 0.248. The normalized spacial score (nSPS) is 14.2. The van der Waals surface area contributed by atoms with Crippen molar-refractivity contribution in [1.82, 2.24) is 30.8 Å². The summed E-state index contributed by atoms with van der Waals surface area (Å²) in [7, 11) is 1.71. The first kappa shape index (κ1) is 28.4. The summed E-state index contributed by atoms with van der Waals surface area (Å²) in [6.45, 7) is 6.71. The number of aryl methyl sites for hydroxylation is 2. The van der Waals surface area contributed by atoms with Crippen LogP contribution in [0.15, 0.2) is 58.0 Å². The van der Waals surface area contributed by atoms with Crippen LogP contribution in [0.25, 0.3) is 5.69 Å². The Balaban J connectivity index is 1.69. The van der Waals surface area contributed by atoms with Crippen molar-refractivity contribution in [1.29, 1.82) is 0 Å². The molecule has 1 aliphatic rings. The lowest BCUT2D eigenvalue weighted by molar-refractivity contribution is -0.122. The van der Waals surface area contributed by atoms with Crippen molar-refractivity contribution in [2.75, 3.05) is 13.7 Å². The maximum atomic E-state index is 12.5. The molecule has 3 heterocycles. The molecule has 2 aromatic carbocycles. The first-order chi connectivity index (χ1) is 20.1. The van der Waals surface area contributed by atoms with Crippen LogP contribution in [-0.4, -0.2) is 45.3 Å². The van der Waals surface area contributed by atoms with Gasteiger partial charge in [0, 0.05) is 43.1 Å². The van der Waals surface area contributed by atoms with Gasteiger partial charge in [0.05, 0.1) is 23.7 Å². The average Bonchev–Trinajstić information content (AvgIpc) is 3.57. The Morgan fingerprint density at radius 2 is 1.90 bits per heavy atom. The summed E-state index contributed by atoms with van der Waals surface area (Å²) in [6.07, 6.45) is 3.21. The molecule has 4 aromatic rings. The second-order valence-corrected chi connectivity index (χ2v) is 10.0. The van der Waals surface area contributed by atoms with Gasteiger partial charge in [-0.05, 0) is 30.9 Å². The number of amides is 1. The van der Waals surface area contributed by atoms with Gasteiger partial charge in [0.25, 0.3) is 0 Å². The largest absolute Gasteiger partial charge is 0.384 e. The molecule has 0 saturated carbocycles. The molecular formula is C31H37N7O3. The zero-order valence-electron chi connectivity index (χ0n) is 24.1. The van der Waals surface area contributed by atoms with Gasteiger partial charge < -0.3 is 9.26 Å². The van der Waals surface area contributed by atoms with Crippen molar-refractivity contribution in [3.05, 3.63) is 93.9 Å². The van der Waals surface area contributed by atoms with Crippen LogP contribution < -0.4 is 10.9 Å². The summed E-state index contributed by atoms with van der Waals surface area (Å²) in [5.41, 5.74) is 12.7. The molecule has 2 N–H and O–H groups in total. The summed E-state index contributed by atoms with van der Waals surface area (Å²) >= 11 is 0. The Morgan fingerprint density at radius 1 is 1.07 bits per heavy atom. The van der Waals surface area contributed by atoms with E-state index in [4.69, 9.17) is 14.3 Å². The van der Waals surface area contributed by atoms with Crippen molar-refractivity contribution in [2.24, 2.45) is 4.99 Å². The molecule has 1 unspecified atom stereocenters. The molecule has 0 saturated heterocycles. The minimum atomic E-state index is -0.680. The molecule has 41 heavy (non-hydrogen) atoms. The van der Waals surface area contributed by atoms with Crippen molar-refractivity contribution < 1.29 is 14.1 Å². The molecule has 5 rings (SSSR count). The lowest BCUT2D eigenvalue weighted by Crippen LogP contribution is -2.40. The molecule has 0 bridgehead atoms. The summed E-state index contributed by atoms with van der Waals surface area (Å²) in [5.74, 6) is 2.07. The zero-order valence-corrected chi connectivity index (χ0v) is 24.1. The maximum Gasteiger partial charge on any atom is 0.234 e. The van der Waals surface area contributed by atoms with Gasteiger partial charge in [-0.3, -0.25) is 19.8 Å². The van der Waals surface area contributed by atoms with Crippen LogP contribution in [0.2, 0.25) is 0 Å². The minimum Gasteiger partial charge on any atom is -0.384 e. The molecule has 10 heteroatoms. The van der Waals surface area contributed by atoms with Crippen LogP contribution in [0.5, 0.6) is 0 Å². The molecule has 1 aliphatic heterocycles. The Morgan fingerprint density at radius 3 is 2.63 bits per heavy atom. The fourth-order valence-corrected chi connectivity index (χ4v) is 5.14. The van der Waals surface area contributed by atoms with E-state index in [1.54, 1.807) is 7.11 Å². The monoisotopic (exact) mass is 555 g/mol. The molecule has 10 nitrogen and oxygen atoms in total. The van der Waals surface area contributed by atoms with Crippen LogP contribution in [-0.2, 0) is 35.2 Å². The third-order valence-electron chi connectivity index (χ3n) is 7.23. The Hall–Kier alpha value is -4.15. The number of ether oxygens (including phenoxy) is 1. The first-order valence-corrected chi connectivity index (χ1v) is 14.3. The molecule has 0 spiro atoms. The van der Waals surface area contributed by atoms with Crippen molar-refractivity contribution >= 4 is 11.6 Å². The molecular weight excluding hydrogens is 518 g/mol. The number of hydrazine groups is 1. The standard InChI is InChI=1S/C31H37N7O3/c1-5-11-28(39)34-35-30-31-36-33-27(19-23-24(6-2)37-41-26(23)7-3)38(31)25-18-20(16-17-40-4)14-15-22(25)29(32-30)21-12-9-8-10-13-21/h8-10,12-15,18,30,35H,5-7,11,16-17,19H2,1-4H3,(H,34,39). The number of hydrogen-bond acceptors (Lipinski definition) is 8. The maximum absolute atomic E-state index is 12.5. The van der Waals surface area contributed by atoms with E-state index in [1.807, 2.05) is 37.3 Å². The number of aliphatic imine (C=N–C) groups is 1. The fourth-order valence-electron chi connectivity index (χ4n) is 5.14. The highest BCUT2D eigenvalue weighted by molar-refractivity contribution is 6.15. The molecule has 0 fully saturated rings. The second-order valence-electron chi connectivity index (χ2n) is 10.0. The van der Waals surface area contributed by atoms with Crippen molar-refractivity contribution in [3.8, 4) is 5.69 Å². The minimum absolute atomic E-state index is 0.108. The smallest absolute Gasteiger partial charge is 0.234 e. The van der Waals surface area contributed by atoms with E-state index in [-0.39, 0.29) is 5.91 Å². The van der Waals surface area contributed by atoms with Gasteiger partial charge in [-0.25, -0.2) is 5.43 Å². The molecule has 1 atom stereocenters. The number of rotatable bonds is 12. The molecule has 1 amide bonds. The van der Waals surface area contributed by atoms with E-state index in [0.717, 1.165) is 76.6 Å². The summed E-state index contributed by atoms with van der Waals surface area (Å²) in [4.78, 5) is 17.6. The topological polar surface area (TPSA) is 119 Å². The van der Waals surface area contributed by atoms with Gasteiger partial charge in [0.2, 0.25) is 5.91 Å². The highest BCUT2D eigenvalue weighted by atomic mass is 16.5. The Kier molecular flexibility index (Phi) is 9.01. The molecule has 2 aromatic heterocycles. The number of nitrogens with zero attached hydrogens (tertiary/aromatic N) is 5. The number of benzene rings is 2. The summed E-state index contributed by atoms with van der Waals surface area (Å²) < 4.78 is 13.1. The number of aromatic nitrogens is 4. The molecule has 214 valence electrons. The Bertz CT molecular complexity index is 1500. The zero-order chi connectivity index (χ0) is 28.8. The van der Waals surface area contributed by atoms with E-state index in [0.29, 0.717) is 25.3 Å². The summed E-state index contributed by atoms with van der Waals surface area (Å²) in [5, 5.41) is 13.6. The third kappa shape index (κ3) is 5.98. The number of carbonyl (C=O) groups excluding carboxylic acids is 1. The number of methoxy groups -OCH3 is 1. The number of nitrogens with one attached hydrogen (secondary N) is 2. The predicted octanol–water partition coefficient (Wildman–Crippen LogP) is 4.43. The van der Waals surface area contributed by atoms with Crippen LogP contribution in [0.1, 0.15) is 85.1 Å². The highest BCUT2D eigenvalue weighted by Crippen LogP contribution is 2.32. The van der Waals surface area contributed by atoms with Crippen LogP contribution in [0.4, 0.5) is 0 Å². The highest BCUT2D eigenvalue weighted by Gasteiger charge is 2.30. The van der Waals surface area contributed by atoms with E-state index >= 15 is 0 Å². The van der Waals surface area contributed by atoms with Gasteiger partial charge in [-0.2, -0.15) is 0 Å². The third-order valence-corrected chi connectivity index (χ3v) is 7.23. The average molecular weight is 556 g/mol. The lowest BCUT2D eigenvalue weighted by atomic mass is 9.98. The van der Waals surface area contributed by atoms with Crippen molar-refractivity contribution in [2.45, 2.75) is 65.5 Å². The Labute approximate surface area is 240 Å². The first-order valence-electron chi connectivity index (χ1n) is 14.3.